The van der Waals surface area contributed by atoms with Gasteiger partial charge in [0.05, 0.1) is 13.4 Å². The molecule has 0 saturated heterocycles. The van der Waals surface area contributed by atoms with Gasteiger partial charge < -0.3 is 10.1 Å². The molecule has 0 radical (unpaired) electrons. The van der Waals surface area contributed by atoms with Crippen molar-refractivity contribution in [2.45, 2.75) is 19.4 Å². The Morgan fingerprint density at radius 3 is 2.26 bits per heavy atom. The predicted molar refractivity (Wildman–Crippen MR) is 106 cm³/mol. The summed E-state index contributed by atoms with van der Waals surface area (Å²) in [6, 6.07) is 17.1. The Morgan fingerprint density at radius 1 is 1.00 bits per heavy atom. The van der Waals surface area contributed by atoms with Gasteiger partial charge in [0, 0.05) is 26.1 Å². The highest BCUT2D eigenvalue weighted by Gasteiger charge is 2.17. The lowest BCUT2D eigenvalue weighted by Crippen LogP contribution is -2.35. The number of hydrogen-bond acceptors (Lipinski definition) is 4. The molecule has 27 heavy (non-hydrogen) atoms. The summed E-state index contributed by atoms with van der Waals surface area (Å²) in [5.74, 6) is 0.575. The number of hydrogen-bond donors (Lipinski definition) is 1. The van der Waals surface area contributed by atoms with E-state index in [1.807, 2.05) is 54.6 Å². The average molecular weight is 391 g/mol. The number of carbonyl (C=O) groups excluding carboxylic acids is 1. The van der Waals surface area contributed by atoms with Crippen LogP contribution in [0.5, 0.6) is 5.75 Å². The lowest BCUT2D eigenvalue weighted by atomic mass is 10.1. The van der Waals surface area contributed by atoms with E-state index in [9.17, 15) is 13.2 Å². The number of amides is 1. The molecule has 0 aromatic heterocycles. The van der Waals surface area contributed by atoms with Crippen molar-refractivity contribution in [1.82, 2.24) is 9.62 Å². The third kappa shape index (κ3) is 7.40. The fourth-order valence-electron chi connectivity index (χ4n) is 2.60. The first-order valence-electron chi connectivity index (χ1n) is 8.77. The maximum absolute atomic E-state index is 12.1. The molecular weight excluding hydrogens is 364 g/mol. The van der Waals surface area contributed by atoms with Gasteiger partial charge in [-0.25, -0.2) is 12.7 Å². The van der Waals surface area contributed by atoms with Gasteiger partial charge in [0.15, 0.2) is 0 Å². The van der Waals surface area contributed by atoms with Crippen LogP contribution in [0.2, 0.25) is 0 Å². The van der Waals surface area contributed by atoms with Crippen LogP contribution >= 0.6 is 0 Å². The van der Waals surface area contributed by atoms with Gasteiger partial charge in [0.1, 0.15) is 5.75 Å². The summed E-state index contributed by atoms with van der Waals surface area (Å²) in [6.07, 6.45) is 1.91. The molecule has 2 aromatic rings. The Labute approximate surface area is 161 Å². The standard InChI is InChI=1S/C20H26N2O4S/c1-26-19-10-8-18(9-11-19)16-21-20(23)13-15-22(27(2,24)25)14-12-17-6-4-3-5-7-17/h3-11H,12-16H2,1-2H3,(H,21,23). The van der Waals surface area contributed by atoms with Crippen molar-refractivity contribution in [3.05, 3.63) is 65.7 Å². The van der Waals surface area contributed by atoms with Crippen molar-refractivity contribution >= 4 is 15.9 Å². The van der Waals surface area contributed by atoms with Crippen LogP contribution in [0.25, 0.3) is 0 Å². The Morgan fingerprint density at radius 2 is 1.67 bits per heavy atom. The number of nitrogens with one attached hydrogen (secondary N) is 1. The number of carbonyl (C=O) groups is 1. The maximum Gasteiger partial charge on any atom is 0.221 e. The van der Waals surface area contributed by atoms with Crippen molar-refractivity contribution in [2.24, 2.45) is 0 Å². The minimum absolute atomic E-state index is 0.123. The van der Waals surface area contributed by atoms with E-state index in [0.717, 1.165) is 16.9 Å². The molecule has 0 spiro atoms. The zero-order valence-corrected chi connectivity index (χ0v) is 16.5. The van der Waals surface area contributed by atoms with Gasteiger partial charge in [0.25, 0.3) is 0 Å². The van der Waals surface area contributed by atoms with Crippen molar-refractivity contribution in [3.8, 4) is 5.75 Å². The molecule has 0 atom stereocenters. The SMILES string of the molecule is COc1ccc(CNC(=O)CCN(CCc2ccccc2)S(C)(=O)=O)cc1. The zero-order chi connectivity index (χ0) is 19.7. The molecule has 2 aromatic carbocycles. The van der Waals surface area contributed by atoms with Gasteiger partial charge in [-0.3, -0.25) is 4.79 Å². The zero-order valence-electron chi connectivity index (χ0n) is 15.7. The van der Waals surface area contributed by atoms with Crippen LogP contribution < -0.4 is 10.1 Å². The Balaban J connectivity index is 1.81. The molecule has 0 aliphatic heterocycles. The summed E-state index contributed by atoms with van der Waals surface area (Å²) < 4.78 is 30.4. The summed E-state index contributed by atoms with van der Waals surface area (Å²) in [5.41, 5.74) is 2.02. The number of rotatable bonds is 10. The third-order valence-corrected chi connectivity index (χ3v) is 5.50. The Kier molecular flexibility index (Phi) is 7.82. The van der Waals surface area contributed by atoms with Gasteiger partial charge in [0.2, 0.25) is 15.9 Å². The summed E-state index contributed by atoms with van der Waals surface area (Å²) in [4.78, 5) is 12.1. The second-order valence-corrected chi connectivity index (χ2v) is 8.25. The summed E-state index contributed by atoms with van der Waals surface area (Å²) >= 11 is 0. The summed E-state index contributed by atoms with van der Waals surface area (Å²) in [5, 5.41) is 2.82. The summed E-state index contributed by atoms with van der Waals surface area (Å²) in [7, 11) is -1.77. The van der Waals surface area contributed by atoms with Crippen LogP contribution in [0.15, 0.2) is 54.6 Å². The van der Waals surface area contributed by atoms with Gasteiger partial charge in [-0.2, -0.15) is 0 Å². The molecule has 7 heteroatoms. The first-order chi connectivity index (χ1) is 12.9. The molecule has 1 N–H and O–H groups in total. The van der Waals surface area contributed by atoms with Crippen LogP contribution in [0.3, 0.4) is 0 Å². The average Bonchev–Trinajstić information content (AvgIpc) is 2.66. The van der Waals surface area contributed by atoms with Gasteiger partial charge in [-0.1, -0.05) is 42.5 Å². The van der Waals surface area contributed by atoms with E-state index in [-0.39, 0.29) is 18.9 Å². The molecular formula is C20H26N2O4S. The number of benzene rings is 2. The van der Waals surface area contributed by atoms with Crippen LogP contribution in [-0.4, -0.2) is 45.1 Å². The molecule has 0 aliphatic rings. The topological polar surface area (TPSA) is 75.7 Å². The van der Waals surface area contributed by atoms with E-state index in [2.05, 4.69) is 5.32 Å². The predicted octanol–water partition coefficient (Wildman–Crippen LogP) is 2.21. The van der Waals surface area contributed by atoms with Gasteiger partial charge >= 0.3 is 0 Å². The van der Waals surface area contributed by atoms with E-state index in [0.29, 0.717) is 19.5 Å². The number of sulfonamides is 1. The number of methoxy groups -OCH3 is 1. The molecule has 2 rings (SSSR count). The van der Waals surface area contributed by atoms with Crippen LogP contribution in [0, 0.1) is 0 Å². The minimum Gasteiger partial charge on any atom is -0.497 e. The number of ether oxygens (including phenoxy) is 1. The van der Waals surface area contributed by atoms with E-state index in [1.165, 1.54) is 10.6 Å². The van der Waals surface area contributed by atoms with Crippen LogP contribution in [-0.2, 0) is 27.8 Å². The Bertz CT molecular complexity index is 821. The second-order valence-electron chi connectivity index (χ2n) is 6.27. The smallest absolute Gasteiger partial charge is 0.221 e. The first-order valence-corrected chi connectivity index (χ1v) is 10.6. The quantitative estimate of drug-likeness (QED) is 0.675. The molecule has 0 fully saturated rings. The van der Waals surface area contributed by atoms with E-state index >= 15 is 0 Å². The molecule has 0 aliphatic carbocycles. The fraction of sp³-hybridized carbons (Fsp3) is 0.350. The highest BCUT2D eigenvalue weighted by atomic mass is 32.2. The van der Waals surface area contributed by atoms with Crippen LogP contribution in [0.4, 0.5) is 0 Å². The third-order valence-electron chi connectivity index (χ3n) is 4.20. The first kappa shape index (κ1) is 20.9. The fourth-order valence-corrected chi connectivity index (χ4v) is 3.45. The molecule has 0 saturated carbocycles. The normalized spacial score (nSPS) is 11.4. The van der Waals surface area contributed by atoms with E-state index in [1.54, 1.807) is 7.11 Å². The van der Waals surface area contributed by atoms with Gasteiger partial charge in [-0.15, -0.1) is 0 Å². The van der Waals surface area contributed by atoms with E-state index in [4.69, 9.17) is 4.74 Å². The molecule has 6 nitrogen and oxygen atoms in total. The minimum atomic E-state index is -3.37. The van der Waals surface area contributed by atoms with Crippen LogP contribution in [0.1, 0.15) is 17.5 Å². The lowest BCUT2D eigenvalue weighted by molar-refractivity contribution is -0.121. The van der Waals surface area contributed by atoms with Crippen molar-refractivity contribution < 1.29 is 17.9 Å². The monoisotopic (exact) mass is 390 g/mol. The Hall–Kier alpha value is -2.38. The highest BCUT2D eigenvalue weighted by molar-refractivity contribution is 7.88. The molecule has 0 heterocycles. The maximum atomic E-state index is 12.1. The molecule has 146 valence electrons. The number of nitrogens with zero attached hydrogens (tertiary/aromatic N) is 1. The summed E-state index contributed by atoms with van der Waals surface area (Å²) in [6.45, 7) is 0.917. The second kappa shape index (κ2) is 10.1. The molecule has 1 amide bonds. The highest BCUT2D eigenvalue weighted by Crippen LogP contribution is 2.11. The van der Waals surface area contributed by atoms with E-state index < -0.39 is 10.0 Å². The lowest BCUT2D eigenvalue weighted by Gasteiger charge is -2.19. The van der Waals surface area contributed by atoms with Crippen molar-refractivity contribution in [2.75, 3.05) is 26.5 Å². The largest absolute Gasteiger partial charge is 0.497 e. The van der Waals surface area contributed by atoms with Gasteiger partial charge in [-0.05, 0) is 29.7 Å². The van der Waals surface area contributed by atoms with Crippen molar-refractivity contribution in [1.29, 1.82) is 0 Å². The molecule has 0 bridgehead atoms. The molecule has 0 unspecified atom stereocenters. The van der Waals surface area contributed by atoms with Crippen molar-refractivity contribution in [3.63, 3.8) is 0 Å².